The van der Waals surface area contributed by atoms with Crippen molar-refractivity contribution in [3.8, 4) is 0 Å². The molecule has 0 aliphatic heterocycles. The van der Waals surface area contributed by atoms with E-state index in [4.69, 9.17) is 5.73 Å². The predicted molar refractivity (Wildman–Crippen MR) is 45.9 cm³/mol. The van der Waals surface area contributed by atoms with Gasteiger partial charge in [-0.2, -0.15) is 4.98 Å². The number of nitrogens with one attached hydrogen (secondary N) is 2. The highest BCUT2D eigenvalue weighted by atomic mass is 16.1. The van der Waals surface area contributed by atoms with Gasteiger partial charge in [-0.25, -0.2) is 0 Å². The Hall–Kier alpha value is -1.52. The largest absolute Gasteiger partial charge is 0.383 e. The highest BCUT2D eigenvalue weighted by molar-refractivity contribution is 5.36. The Balaban J connectivity index is 2.23. The van der Waals surface area contributed by atoms with Crippen LogP contribution in [0.3, 0.4) is 0 Å². The van der Waals surface area contributed by atoms with Gasteiger partial charge >= 0.3 is 0 Å². The maximum absolute atomic E-state index is 10.9. The van der Waals surface area contributed by atoms with Gasteiger partial charge in [-0.1, -0.05) is 0 Å². The average molecular weight is 166 g/mol. The number of nitrogens with zero attached hydrogens (tertiary/aromatic N) is 1. The Labute approximate surface area is 69.0 Å². The highest BCUT2D eigenvalue weighted by Gasteiger charge is 2.21. The maximum Gasteiger partial charge on any atom is 0.254 e. The van der Waals surface area contributed by atoms with Gasteiger partial charge < -0.3 is 11.1 Å². The van der Waals surface area contributed by atoms with Gasteiger partial charge in [-0.3, -0.25) is 9.78 Å². The van der Waals surface area contributed by atoms with Gasteiger partial charge in [-0.15, -0.1) is 0 Å². The summed E-state index contributed by atoms with van der Waals surface area (Å²) in [6, 6.07) is 1.73. The van der Waals surface area contributed by atoms with E-state index in [9.17, 15) is 4.79 Å². The molecule has 1 aliphatic carbocycles. The van der Waals surface area contributed by atoms with Gasteiger partial charge in [0.2, 0.25) is 5.95 Å². The summed E-state index contributed by atoms with van der Waals surface area (Å²) in [5.41, 5.74) is 5.17. The molecule has 5 heteroatoms. The van der Waals surface area contributed by atoms with E-state index >= 15 is 0 Å². The molecule has 1 heterocycles. The van der Waals surface area contributed by atoms with Crippen molar-refractivity contribution in [1.82, 2.24) is 9.97 Å². The van der Waals surface area contributed by atoms with E-state index in [1.165, 1.54) is 6.07 Å². The van der Waals surface area contributed by atoms with Crippen molar-refractivity contribution in [3.63, 3.8) is 0 Å². The Morgan fingerprint density at radius 1 is 1.67 bits per heavy atom. The summed E-state index contributed by atoms with van der Waals surface area (Å²) < 4.78 is 0. The molecule has 0 bridgehead atoms. The number of hydrogen-bond donors (Lipinski definition) is 3. The highest BCUT2D eigenvalue weighted by Crippen LogP contribution is 2.22. The molecule has 4 N–H and O–H groups in total. The van der Waals surface area contributed by atoms with E-state index in [0.717, 1.165) is 12.8 Å². The third-order valence-electron chi connectivity index (χ3n) is 1.68. The summed E-state index contributed by atoms with van der Waals surface area (Å²) in [5.74, 6) is 0.726. The first kappa shape index (κ1) is 7.15. The lowest BCUT2D eigenvalue weighted by atomic mass is 10.6. The van der Waals surface area contributed by atoms with E-state index < -0.39 is 0 Å². The van der Waals surface area contributed by atoms with Gasteiger partial charge in [0, 0.05) is 12.1 Å². The van der Waals surface area contributed by atoms with E-state index in [-0.39, 0.29) is 11.4 Å². The lowest BCUT2D eigenvalue weighted by Crippen LogP contribution is -2.14. The minimum atomic E-state index is -0.217. The smallest absolute Gasteiger partial charge is 0.254 e. The third kappa shape index (κ3) is 1.55. The van der Waals surface area contributed by atoms with Gasteiger partial charge in [0.25, 0.3) is 5.56 Å². The van der Waals surface area contributed by atoms with Crippen LogP contribution >= 0.6 is 0 Å². The summed E-state index contributed by atoms with van der Waals surface area (Å²) >= 11 is 0. The lowest BCUT2D eigenvalue weighted by molar-refractivity contribution is 1.04. The summed E-state index contributed by atoms with van der Waals surface area (Å²) in [5, 5.41) is 3.05. The number of nitrogen functional groups attached to an aromatic ring is 1. The average Bonchev–Trinajstić information content (AvgIpc) is 2.68. The van der Waals surface area contributed by atoms with Crippen LogP contribution < -0.4 is 16.6 Å². The Morgan fingerprint density at radius 3 is 3.00 bits per heavy atom. The molecule has 0 radical (unpaired) electrons. The summed E-state index contributed by atoms with van der Waals surface area (Å²) in [7, 11) is 0. The number of aromatic nitrogens is 2. The topological polar surface area (TPSA) is 83.8 Å². The summed E-state index contributed by atoms with van der Waals surface area (Å²) in [6.07, 6.45) is 2.27. The van der Waals surface area contributed by atoms with Crippen LogP contribution in [0.5, 0.6) is 0 Å². The van der Waals surface area contributed by atoms with Crippen LogP contribution in [0, 0.1) is 0 Å². The molecule has 64 valence electrons. The minimum absolute atomic E-state index is 0.217. The van der Waals surface area contributed by atoms with Gasteiger partial charge in [-0.05, 0) is 12.8 Å². The monoisotopic (exact) mass is 166 g/mol. The van der Waals surface area contributed by atoms with E-state index in [1.807, 2.05) is 0 Å². The molecule has 1 fully saturated rings. The zero-order valence-corrected chi connectivity index (χ0v) is 6.50. The minimum Gasteiger partial charge on any atom is -0.383 e. The lowest BCUT2D eigenvalue weighted by Gasteiger charge is -2.01. The van der Waals surface area contributed by atoms with Crippen LogP contribution in [-0.2, 0) is 0 Å². The number of hydrogen-bond acceptors (Lipinski definition) is 4. The fraction of sp³-hybridized carbons (Fsp3) is 0.429. The molecule has 0 aromatic carbocycles. The van der Waals surface area contributed by atoms with Crippen molar-refractivity contribution >= 4 is 11.8 Å². The molecule has 0 saturated heterocycles. The Kier molecular flexibility index (Phi) is 1.49. The van der Waals surface area contributed by atoms with Crippen molar-refractivity contribution in [1.29, 1.82) is 0 Å². The fourth-order valence-electron chi connectivity index (χ4n) is 0.966. The van der Waals surface area contributed by atoms with Crippen LogP contribution in [-0.4, -0.2) is 16.0 Å². The van der Waals surface area contributed by atoms with Crippen molar-refractivity contribution in [2.75, 3.05) is 11.1 Å². The molecule has 1 aromatic heterocycles. The van der Waals surface area contributed by atoms with Crippen LogP contribution in [0.4, 0.5) is 11.8 Å². The maximum atomic E-state index is 10.9. The molecular weight excluding hydrogens is 156 g/mol. The van der Waals surface area contributed by atoms with Crippen LogP contribution in [0.2, 0.25) is 0 Å². The molecule has 5 nitrogen and oxygen atoms in total. The quantitative estimate of drug-likeness (QED) is 0.574. The number of aromatic amines is 1. The number of rotatable bonds is 2. The van der Waals surface area contributed by atoms with Crippen LogP contribution in [0.15, 0.2) is 10.9 Å². The Bertz CT molecular complexity index is 342. The number of anilines is 2. The molecule has 1 saturated carbocycles. The first-order valence-electron chi connectivity index (χ1n) is 3.87. The van der Waals surface area contributed by atoms with E-state index in [1.54, 1.807) is 0 Å². The first-order chi connectivity index (χ1) is 5.74. The molecule has 2 rings (SSSR count). The molecule has 0 atom stereocenters. The molecule has 12 heavy (non-hydrogen) atoms. The molecule has 1 aromatic rings. The molecule has 0 spiro atoms. The van der Waals surface area contributed by atoms with Crippen LogP contribution in [0.25, 0.3) is 0 Å². The number of nitrogens with two attached hydrogens (primary N) is 1. The van der Waals surface area contributed by atoms with E-state index in [0.29, 0.717) is 12.0 Å². The summed E-state index contributed by atoms with van der Waals surface area (Å²) in [6.45, 7) is 0. The second kappa shape index (κ2) is 2.51. The molecule has 1 aliphatic rings. The Morgan fingerprint density at radius 2 is 2.42 bits per heavy atom. The molecule has 0 amide bonds. The zero-order chi connectivity index (χ0) is 8.55. The first-order valence-corrected chi connectivity index (χ1v) is 3.87. The zero-order valence-electron chi connectivity index (χ0n) is 6.50. The predicted octanol–water partition coefficient (Wildman–Crippen LogP) is -0.0736. The van der Waals surface area contributed by atoms with Crippen molar-refractivity contribution < 1.29 is 0 Å². The molecule has 0 unspecified atom stereocenters. The normalized spacial score (nSPS) is 16.0. The van der Waals surface area contributed by atoms with Crippen molar-refractivity contribution in [3.05, 3.63) is 16.4 Å². The van der Waals surface area contributed by atoms with Gasteiger partial charge in [0.1, 0.15) is 5.82 Å². The van der Waals surface area contributed by atoms with Crippen molar-refractivity contribution in [2.45, 2.75) is 18.9 Å². The molecular formula is C7H10N4O. The number of H-pyrrole nitrogens is 1. The van der Waals surface area contributed by atoms with Gasteiger partial charge in [0.15, 0.2) is 0 Å². The fourth-order valence-corrected chi connectivity index (χ4v) is 0.966. The van der Waals surface area contributed by atoms with E-state index in [2.05, 4.69) is 15.3 Å². The van der Waals surface area contributed by atoms with Crippen LogP contribution in [0.1, 0.15) is 12.8 Å². The SMILES string of the molecule is Nc1cc(=O)[nH]c(NC2CC2)n1. The van der Waals surface area contributed by atoms with Gasteiger partial charge in [0.05, 0.1) is 0 Å². The third-order valence-corrected chi connectivity index (χ3v) is 1.68. The summed E-state index contributed by atoms with van der Waals surface area (Å²) in [4.78, 5) is 17.4. The second-order valence-electron chi connectivity index (χ2n) is 2.94. The second-order valence-corrected chi connectivity index (χ2v) is 2.94. The standard InChI is InChI=1S/C7H10N4O/c8-5-3-6(12)11-7(10-5)9-4-1-2-4/h3-4H,1-2H2,(H4,8,9,10,11,12). The van der Waals surface area contributed by atoms with Crippen molar-refractivity contribution in [2.24, 2.45) is 0 Å².